The van der Waals surface area contributed by atoms with Gasteiger partial charge in [-0.25, -0.2) is 4.39 Å². The number of halogens is 1. The van der Waals surface area contributed by atoms with E-state index < -0.39 is 0 Å². The number of hydrogen-bond acceptors (Lipinski definition) is 6. The molecule has 0 atom stereocenters. The fourth-order valence-electron chi connectivity index (χ4n) is 1.55. The molecule has 0 radical (unpaired) electrons. The second kappa shape index (κ2) is 7.37. The third-order valence-corrected chi connectivity index (χ3v) is 4.76. The van der Waals surface area contributed by atoms with Crippen LogP contribution in [0.25, 0.3) is 0 Å². The summed E-state index contributed by atoms with van der Waals surface area (Å²) in [6.45, 7) is 0.456. The van der Waals surface area contributed by atoms with Gasteiger partial charge in [0.1, 0.15) is 5.82 Å². The van der Waals surface area contributed by atoms with Gasteiger partial charge in [0.25, 0.3) is 0 Å². The predicted octanol–water partition coefficient (Wildman–Crippen LogP) is 2.47. The number of benzene rings is 1. The molecule has 0 saturated heterocycles. The molecule has 0 bridgehead atoms. The van der Waals surface area contributed by atoms with E-state index in [0.717, 1.165) is 15.0 Å². The number of carbonyl (C=O) groups is 1. The molecule has 2 aromatic rings. The Labute approximate surface area is 130 Å². The lowest BCUT2D eigenvalue weighted by Crippen LogP contribution is -2.27. The van der Waals surface area contributed by atoms with Crippen molar-refractivity contribution in [3.63, 3.8) is 0 Å². The van der Waals surface area contributed by atoms with Gasteiger partial charge < -0.3 is 10.2 Å². The highest BCUT2D eigenvalue weighted by Gasteiger charge is 2.12. The lowest BCUT2D eigenvalue weighted by Gasteiger charge is -2.16. The van der Waals surface area contributed by atoms with E-state index in [1.807, 2.05) is 0 Å². The molecule has 0 spiro atoms. The van der Waals surface area contributed by atoms with Crippen molar-refractivity contribution in [2.75, 3.05) is 25.2 Å². The van der Waals surface area contributed by atoms with Gasteiger partial charge in [-0.3, -0.25) is 4.79 Å². The second-order valence-corrected chi connectivity index (χ2v) is 6.49. The Bertz CT molecular complexity index is 602. The van der Waals surface area contributed by atoms with Crippen molar-refractivity contribution in [3.8, 4) is 0 Å². The summed E-state index contributed by atoms with van der Waals surface area (Å²) < 4.78 is 13.6. The van der Waals surface area contributed by atoms with E-state index in [2.05, 4.69) is 15.5 Å². The Morgan fingerprint density at radius 1 is 1.38 bits per heavy atom. The summed E-state index contributed by atoms with van der Waals surface area (Å²) in [6.07, 6.45) is 0. The van der Waals surface area contributed by atoms with Gasteiger partial charge in [0, 0.05) is 20.6 Å². The first kappa shape index (κ1) is 15.7. The van der Waals surface area contributed by atoms with Crippen LogP contribution in [0.5, 0.6) is 0 Å². The van der Waals surface area contributed by atoms with Crippen LogP contribution in [0.2, 0.25) is 0 Å². The molecule has 0 fully saturated rings. The van der Waals surface area contributed by atoms with Crippen molar-refractivity contribution < 1.29 is 9.18 Å². The van der Waals surface area contributed by atoms with Crippen molar-refractivity contribution in [2.24, 2.45) is 0 Å². The highest BCUT2D eigenvalue weighted by atomic mass is 32.2. The van der Waals surface area contributed by atoms with Gasteiger partial charge in [-0.1, -0.05) is 35.2 Å². The quantitative estimate of drug-likeness (QED) is 0.827. The van der Waals surface area contributed by atoms with Gasteiger partial charge in [0.2, 0.25) is 11.0 Å². The summed E-state index contributed by atoms with van der Waals surface area (Å²) >= 11 is 2.77. The average molecular weight is 326 g/mol. The molecule has 2 rings (SSSR count). The topological polar surface area (TPSA) is 58.1 Å². The van der Waals surface area contributed by atoms with Gasteiger partial charge in [-0.05, 0) is 17.7 Å². The molecule has 1 heterocycles. The second-order valence-electron chi connectivity index (χ2n) is 4.29. The number of hydrogen-bond donors (Lipinski definition) is 1. The predicted molar refractivity (Wildman–Crippen MR) is 83.1 cm³/mol. The van der Waals surface area contributed by atoms with Crippen molar-refractivity contribution in [1.82, 2.24) is 15.1 Å². The van der Waals surface area contributed by atoms with Crippen LogP contribution in [0.3, 0.4) is 0 Å². The van der Waals surface area contributed by atoms with E-state index in [-0.39, 0.29) is 11.7 Å². The Morgan fingerprint density at radius 3 is 2.71 bits per heavy atom. The molecular formula is C13H15FN4OS2. The molecule has 112 valence electrons. The van der Waals surface area contributed by atoms with Gasteiger partial charge in [0.15, 0.2) is 4.34 Å². The first-order valence-corrected chi connectivity index (χ1v) is 8.01. The molecule has 0 aliphatic carbocycles. The minimum Gasteiger partial charge on any atom is -0.363 e. The zero-order valence-electron chi connectivity index (χ0n) is 11.7. The van der Waals surface area contributed by atoms with Crippen LogP contribution in [-0.2, 0) is 11.3 Å². The number of amides is 1. The Kier molecular flexibility index (Phi) is 5.51. The van der Waals surface area contributed by atoms with Gasteiger partial charge in [-0.15, -0.1) is 10.2 Å². The molecule has 21 heavy (non-hydrogen) atoms. The maximum atomic E-state index is 12.8. The SMILES string of the molecule is CNc1nnc(SCC(=O)N(C)Cc2ccc(F)cc2)s1. The maximum Gasteiger partial charge on any atom is 0.233 e. The van der Waals surface area contributed by atoms with Crippen LogP contribution in [0, 0.1) is 5.82 Å². The van der Waals surface area contributed by atoms with Crippen LogP contribution in [0.1, 0.15) is 5.56 Å². The number of aromatic nitrogens is 2. The molecule has 5 nitrogen and oxygen atoms in total. The maximum absolute atomic E-state index is 12.8. The summed E-state index contributed by atoms with van der Waals surface area (Å²) in [6, 6.07) is 6.14. The minimum absolute atomic E-state index is 0.00877. The van der Waals surface area contributed by atoms with Crippen molar-refractivity contribution in [2.45, 2.75) is 10.9 Å². The fourth-order valence-corrected chi connectivity index (χ4v) is 3.20. The number of nitrogens with zero attached hydrogens (tertiary/aromatic N) is 3. The molecule has 1 amide bonds. The highest BCUT2D eigenvalue weighted by Crippen LogP contribution is 2.25. The molecule has 0 aliphatic heterocycles. The van der Waals surface area contributed by atoms with Gasteiger partial charge >= 0.3 is 0 Å². The Morgan fingerprint density at radius 2 is 2.10 bits per heavy atom. The Hall–Kier alpha value is -1.67. The van der Waals surface area contributed by atoms with Crippen LogP contribution in [0.15, 0.2) is 28.6 Å². The summed E-state index contributed by atoms with van der Waals surface area (Å²) in [5, 5.41) is 11.5. The van der Waals surface area contributed by atoms with E-state index in [4.69, 9.17) is 0 Å². The first-order chi connectivity index (χ1) is 10.1. The van der Waals surface area contributed by atoms with E-state index >= 15 is 0 Å². The summed E-state index contributed by atoms with van der Waals surface area (Å²) in [5.41, 5.74) is 0.894. The van der Waals surface area contributed by atoms with E-state index in [1.165, 1.54) is 35.2 Å². The molecule has 0 unspecified atom stereocenters. The molecule has 1 aromatic heterocycles. The minimum atomic E-state index is -0.278. The first-order valence-electron chi connectivity index (χ1n) is 6.21. The molecule has 1 N–H and O–H groups in total. The van der Waals surface area contributed by atoms with Crippen molar-refractivity contribution in [1.29, 1.82) is 0 Å². The number of carbonyl (C=O) groups excluding carboxylic acids is 1. The van der Waals surface area contributed by atoms with E-state index in [1.54, 1.807) is 31.1 Å². The number of thioether (sulfide) groups is 1. The molecule has 8 heteroatoms. The standard InChI is InChI=1S/C13H15FN4OS2/c1-15-12-16-17-13(21-12)20-8-11(19)18(2)7-9-3-5-10(14)6-4-9/h3-6H,7-8H2,1-2H3,(H,15,16). The summed E-state index contributed by atoms with van der Waals surface area (Å²) in [7, 11) is 3.50. The normalized spacial score (nSPS) is 10.4. The molecule has 0 saturated carbocycles. The largest absolute Gasteiger partial charge is 0.363 e. The van der Waals surface area contributed by atoms with Crippen molar-refractivity contribution in [3.05, 3.63) is 35.6 Å². The Balaban J connectivity index is 1.83. The number of anilines is 1. The lowest BCUT2D eigenvalue weighted by molar-refractivity contribution is -0.127. The van der Waals surface area contributed by atoms with Crippen LogP contribution in [-0.4, -0.2) is 40.9 Å². The molecular weight excluding hydrogens is 311 g/mol. The van der Waals surface area contributed by atoms with E-state index in [0.29, 0.717) is 12.3 Å². The molecule has 1 aromatic carbocycles. The van der Waals surface area contributed by atoms with Gasteiger partial charge in [0.05, 0.1) is 5.75 Å². The van der Waals surface area contributed by atoms with Crippen molar-refractivity contribution >= 4 is 34.1 Å². The van der Waals surface area contributed by atoms with Crippen LogP contribution < -0.4 is 5.32 Å². The lowest BCUT2D eigenvalue weighted by atomic mass is 10.2. The van der Waals surface area contributed by atoms with E-state index in [9.17, 15) is 9.18 Å². The third-order valence-electron chi connectivity index (χ3n) is 2.70. The monoisotopic (exact) mass is 326 g/mol. The zero-order chi connectivity index (χ0) is 15.2. The number of rotatable bonds is 6. The highest BCUT2D eigenvalue weighted by molar-refractivity contribution is 8.01. The summed E-state index contributed by atoms with van der Waals surface area (Å²) in [5.74, 6) is 0.0150. The zero-order valence-corrected chi connectivity index (χ0v) is 13.3. The smallest absolute Gasteiger partial charge is 0.233 e. The fraction of sp³-hybridized carbons (Fsp3) is 0.308. The summed E-state index contributed by atoms with van der Waals surface area (Å²) in [4.78, 5) is 13.6. The average Bonchev–Trinajstić information content (AvgIpc) is 2.95. The van der Waals surface area contributed by atoms with Crippen LogP contribution >= 0.6 is 23.1 Å². The third kappa shape index (κ3) is 4.68. The number of nitrogens with one attached hydrogen (secondary N) is 1. The van der Waals surface area contributed by atoms with Crippen LogP contribution in [0.4, 0.5) is 9.52 Å². The van der Waals surface area contributed by atoms with Gasteiger partial charge in [-0.2, -0.15) is 0 Å². The molecule has 0 aliphatic rings.